The molecule has 0 amide bonds. The second-order valence-electron chi connectivity index (χ2n) is 7.49. The molecule has 9 heteroatoms. The highest BCUT2D eigenvalue weighted by molar-refractivity contribution is 7.15. The normalized spacial score (nSPS) is 11.9. The Morgan fingerprint density at radius 3 is 2.67 bits per heavy atom. The van der Waals surface area contributed by atoms with E-state index < -0.39 is 0 Å². The number of rotatable bonds is 9. The Hall–Kier alpha value is -2.61. The number of hydrogen-bond donors (Lipinski definition) is 0. The fraction of sp³-hybridized carbons (Fsp3) is 0.292. The lowest BCUT2D eigenvalue weighted by Gasteiger charge is -2.11. The quantitative estimate of drug-likeness (QED) is 0.276. The predicted octanol–water partition coefficient (Wildman–Crippen LogP) is 5.64. The van der Waals surface area contributed by atoms with Crippen LogP contribution in [0.4, 0.5) is 0 Å². The second-order valence-corrected chi connectivity index (χ2v) is 9.34. The van der Waals surface area contributed by atoms with Gasteiger partial charge in [0.1, 0.15) is 0 Å². The number of aromatic nitrogens is 3. The van der Waals surface area contributed by atoms with E-state index in [0.29, 0.717) is 49.0 Å². The number of methoxy groups -OCH3 is 1. The van der Waals surface area contributed by atoms with E-state index in [2.05, 4.69) is 17.0 Å². The van der Waals surface area contributed by atoms with Crippen LogP contribution in [0.1, 0.15) is 38.2 Å². The number of fused-ring (bicyclic) bond motifs is 1. The SMILES string of the molecule is CCCCCCOc1ccc(/C=c2\sc3nc(-c4ccc(Cl)cc4Cl)nn3c2=O)cc1OC. The Morgan fingerprint density at radius 1 is 1.09 bits per heavy atom. The third-order valence-electron chi connectivity index (χ3n) is 5.09. The van der Waals surface area contributed by atoms with E-state index >= 15 is 0 Å². The average Bonchev–Trinajstić information content (AvgIpc) is 3.33. The van der Waals surface area contributed by atoms with Crippen molar-refractivity contribution in [2.45, 2.75) is 32.6 Å². The molecule has 0 aliphatic carbocycles. The van der Waals surface area contributed by atoms with Crippen molar-refractivity contribution in [3.8, 4) is 22.9 Å². The molecule has 0 unspecified atom stereocenters. The molecule has 0 saturated heterocycles. The van der Waals surface area contributed by atoms with Gasteiger partial charge in [0.2, 0.25) is 4.96 Å². The predicted molar refractivity (Wildman–Crippen MR) is 134 cm³/mol. The standard InChI is InChI=1S/C24H23Cl2N3O3S/c1-3-4-5-6-11-32-19-10-7-15(12-20(19)31-2)13-21-23(30)29-24(33-21)27-22(28-29)17-9-8-16(25)14-18(17)26/h7-10,12-14H,3-6,11H2,1-2H3/b21-13-. The van der Waals surface area contributed by atoms with Crippen molar-refractivity contribution in [1.82, 2.24) is 14.6 Å². The molecule has 2 aromatic carbocycles. The van der Waals surface area contributed by atoms with E-state index in [-0.39, 0.29) is 5.56 Å². The van der Waals surface area contributed by atoms with Crippen LogP contribution in [-0.2, 0) is 0 Å². The molecule has 33 heavy (non-hydrogen) atoms. The average molecular weight is 504 g/mol. The first kappa shape index (κ1) is 23.5. The number of halogens is 2. The van der Waals surface area contributed by atoms with Crippen LogP contribution >= 0.6 is 34.5 Å². The van der Waals surface area contributed by atoms with Gasteiger partial charge in [-0.15, -0.1) is 5.10 Å². The maximum atomic E-state index is 12.9. The first-order chi connectivity index (χ1) is 16.0. The molecule has 0 aliphatic heterocycles. The summed E-state index contributed by atoms with van der Waals surface area (Å²) in [6.45, 7) is 2.83. The summed E-state index contributed by atoms with van der Waals surface area (Å²) in [5.74, 6) is 1.71. The maximum absolute atomic E-state index is 12.9. The molecule has 4 aromatic rings. The van der Waals surface area contributed by atoms with Crippen molar-refractivity contribution in [1.29, 1.82) is 0 Å². The molecule has 4 rings (SSSR count). The first-order valence-electron chi connectivity index (χ1n) is 10.7. The summed E-state index contributed by atoms with van der Waals surface area (Å²) >= 11 is 13.5. The van der Waals surface area contributed by atoms with Gasteiger partial charge in [-0.2, -0.15) is 9.50 Å². The van der Waals surface area contributed by atoms with Crippen molar-refractivity contribution < 1.29 is 9.47 Å². The van der Waals surface area contributed by atoms with Gasteiger partial charge >= 0.3 is 0 Å². The first-order valence-corrected chi connectivity index (χ1v) is 12.2. The van der Waals surface area contributed by atoms with Crippen LogP contribution in [0, 0.1) is 0 Å². The van der Waals surface area contributed by atoms with Gasteiger partial charge in [0.05, 0.1) is 23.3 Å². The van der Waals surface area contributed by atoms with E-state index in [4.69, 9.17) is 32.7 Å². The Labute approximate surface area is 205 Å². The van der Waals surface area contributed by atoms with Gasteiger partial charge < -0.3 is 9.47 Å². The number of unbranched alkanes of at least 4 members (excludes halogenated alkanes) is 3. The van der Waals surface area contributed by atoms with Crippen LogP contribution < -0.4 is 19.6 Å². The second kappa shape index (κ2) is 10.5. The minimum Gasteiger partial charge on any atom is -0.493 e. The van der Waals surface area contributed by atoms with E-state index in [9.17, 15) is 4.79 Å². The third-order valence-corrected chi connectivity index (χ3v) is 6.60. The Bertz CT molecular complexity index is 1380. The lowest BCUT2D eigenvalue weighted by atomic mass is 10.2. The van der Waals surface area contributed by atoms with Crippen LogP contribution in [0.2, 0.25) is 10.0 Å². The summed E-state index contributed by atoms with van der Waals surface area (Å²) in [4.78, 5) is 17.9. The summed E-state index contributed by atoms with van der Waals surface area (Å²) in [6, 6.07) is 10.7. The van der Waals surface area contributed by atoms with Crippen LogP contribution in [0.15, 0.2) is 41.2 Å². The van der Waals surface area contributed by atoms with Crippen molar-refractivity contribution in [3.63, 3.8) is 0 Å². The molecule has 172 valence electrons. The maximum Gasteiger partial charge on any atom is 0.291 e. The highest BCUT2D eigenvalue weighted by Crippen LogP contribution is 2.30. The molecule has 6 nitrogen and oxygen atoms in total. The number of thiazole rings is 1. The largest absolute Gasteiger partial charge is 0.493 e. The number of benzene rings is 2. The van der Waals surface area contributed by atoms with Gasteiger partial charge in [-0.3, -0.25) is 4.79 Å². The molecule has 0 radical (unpaired) electrons. The van der Waals surface area contributed by atoms with Gasteiger partial charge in [0.25, 0.3) is 5.56 Å². The molecule has 0 saturated carbocycles. The van der Waals surface area contributed by atoms with Crippen LogP contribution in [0.3, 0.4) is 0 Å². The van der Waals surface area contributed by atoms with Gasteiger partial charge in [0.15, 0.2) is 17.3 Å². The monoisotopic (exact) mass is 503 g/mol. The molecular weight excluding hydrogens is 481 g/mol. The zero-order chi connectivity index (χ0) is 23.4. The summed E-state index contributed by atoms with van der Waals surface area (Å²) < 4.78 is 13.2. The van der Waals surface area contributed by atoms with Crippen molar-refractivity contribution in [3.05, 3.63) is 66.9 Å². The van der Waals surface area contributed by atoms with Crippen molar-refractivity contribution in [2.24, 2.45) is 0 Å². The number of hydrogen-bond acceptors (Lipinski definition) is 6. The molecule has 0 spiro atoms. The summed E-state index contributed by atoms with van der Waals surface area (Å²) in [6.07, 6.45) is 6.35. The van der Waals surface area contributed by atoms with Gasteiger partial charge in [-0.25, -0.2) is 0 Å². The van der Waals surface area contributed by atoms with E-state index in [1.807, 2.05) is 18.2 Å². The third kappa shape index (κ3) is 5.32. The molecule has 0 N–H and O–H groups in total. The van der Waals surface area contributed by atoms with Crippen molar-refractivity contribution >= 4 is 45.6 Å². The van der Waals surface area contributed by atoms with Crippen molar-refractivity contribution in [2.75, 3.05) is 13.7 Å². The smallest absolute Gasteiger partial charge is 0.291 e. The van der Waals surface area contributed by atoms with E-state index in [1.165, 1.54) is 28.7 Å². The zero-order valence-electron chi connectivity index (χ0n) is 18.3. The fourth-order valence-corrected chi connectivity index (χ4v) is 4.77. The van der Waals surface area contributed by atoms with E-state index in [0.717, 1.165) is 18.4 Å². The molecule has 2 heterocycles. The lowest BCUT2D eigenvalue weighted by Crippen LogP contribution is -2.23. The number of ether oxygens (including phenoxy) is 2. The minimum absolute atomic E-state index is 0.242. The van der Waals surface area contributed by atoms with Crippen LogP contribution in [0.25, 0.3) is 22.4 Å². The molecule has 2 aromatic heterocycles. The fourth-order valence-electron chi connectivity index (χ4n) is 3.37. The summed E-state index contributed by atoms with van der Waals surface area (Å²) in [5, 5.41) is 5.30. The Morgan fingerprint density at radius 2 is 1.94 bits per heavy atom. The van der Waals surface area contributed by atoms with Crippen LogP contribution in [0.5, 0.6) is 11.5 Å². The van der Waals surface area contributed by atoms with Gasteiger partial charge in [0, 0.05) is 10.6 Å². The molecule has 0 aliphatic rings. The van der Waals surface area contributed by atoms with E-state index in [1.54, 1.807) is 31.4 Å². The molecule has 0 atom stereocenters. The number of nitrogens with zero attached hydrogens (tertiary/aromatic N) is 3. The molecule has 0 bridgehead atoms. The summed E-state index contributed by atoms with van der Waals surface area (Å²) in [7, 11) is 1.61. The van der Waals surface area contributed by atoms with Gasteiger partial charge in [-0.05, 0) is 48.4 Å². The molecular formula is C24H23Cl2N3O3S. The topological polar surface area (TPSA) is 65.7 Å². The van der Waals surface area contributed by atoms with Crippen LogP contribution in [-0.4, -0.2) is 28.3 Å². The Kier molecular flexibility index (Phi) is 7.53. The highest BCUT2D eigenvalue weighted by Gasteiger charge is 2.15. The summed E-state index contributed by atoms with van der Waals surface area (Å²) in [5.41, 5.74) is 1.21. The molecule has 0 fully saturated rings. The lowest BCUT2D eigenvalue weighted by molar-refractivity contribution is 0.285. The Balaban J connectivity index is 1.59. The minimum atomic E-state index is -0.242. The zero-order valence-corrected chi connectivity index (χ0v) is 20.6. The van der Waals surface area contributed by atoms with Gasteiger partial charge in [-0.1, -0.05) is 66.8 Å². The highest BCUT2D eigenvalue weighted by atomic mass is 35.5.